The molecule has 0 aromatic carbocycles. The van der Waals surface area contributed by atoms with E-state index < -0.39 is 24.0 Å². The van der Waals surface area contributed by atoms with Gasteiger partial charge in [0.05, 0.1) is 18.2 Å². The highest BCUT2D eigenvalue weighted by Crippen LogP contribution is 2.10. The van der Waals surface area contributed by atoms with E-state index in [9.17, 15) is 14.7 Å². The molecule has 4 N–H and O–H groups in total. The summed E-state index contributed by atoms with van der Waals surface area (Å²) in [5, 5.41) is 26.9. The molecule has 9 heteroatoms. The van der Waals surface area contributed by atoms with Crippen molar-refractivity contribution < 1.29 is 19.8 Å². The monoisotopic (exact) mass is 260 g/mol. The van der Waals surface area contributed by atoms with Crippen LogP contribution in [0.2, 0.25) is 0 Å². The average Bonchev–Trinajstić information content (AvgIpc) is 2.65. The molecule has 0 saturated heterocycles. The summed E-state index contributed by atoms with van der Waals surface area (Å²) < 4.78 is 3.55. The normalized spacial score (nSPS) is 13.8. The first-order valence-corrected chi connectivity index (χ1v) is 5.43. The molecule has 1 aromatic heterocycles. The zero-order valence-corrected chi connectivity index (χ0v) is 9.82. The molecule has 0 bridgehead atoms. The van der Waals surface area contributed by atoms with Gasteiger partial charge in [-0.25, -0.2) is 4.79 Å². The molecule has 0 radical (unpaired) electrons. The number of carboxylic acid groups (broad SMARTS) is 1. The van der Waals surface area contributed by atoms with Crippen molar-refractivity contribution in [3.8, 4) is 0 Å². The number of aromatic nitrogens is 2. The number of hydrogen-bond acceptors (Lipinski definition) is 6. The third-order valence-corrected chi connectivity index (χ3v) is 2.34. The number of amides is 2. The molecule has 1 heterocycles. The molecule has 1 atom stereocenters. The number of nitrogens with zero attached hydrogens (tertiary/aromatic N) is 2. The first-order valence-electron chi connectivity index (χ1n) is 4.65. The molecular weight excluding hydrogens is 248 g/mol. The lowest BCUT2D eigenvalue weighted by Gasteiger charge is -2.21. The van der Waals surface area contributed by atoms with Gasteiger partial charge in [-0.3, -0.25) is 10.1 Å². The summed E-state index contributed by atoms with van der Waals surface area (Å²) in [5.74, 6) is -1.14. The van der Waals surface area contributed by atoms with Gasteiger partial charge in [0.25, 0.3) is 0 Å². The summed E-state index contributed by atoms with van der Waals surface area (Å²) in [7, 11) is 0. The number of carboxylic acids is 1. The lowest BCUT2D eigenvalue weighted by molar-refractivity contribution is -0.141. The molecule has 17 heavy (non-hydrogen) atoms. The maximum atomic E-state index is 11.3. The first kappa shape index (κ1) is 13.3. The summed E-state index contributed by atoms with van der Waals surface area (Å²) in [6, 6.07) is -0.554. The van der Waals surface area contributed by atoms with Crippen molar-refractivity contribution in [1.82, 2.24) is 14.9 Å². The molecule has 2 amide bonds. The smallest absolute Gasteiger partial charge is 0.320 e. The molecule has 1 rings (SSSR count). The zero-order valence-electron chi connectivity index (χ0n) is 9.01. The van der Waals surface area contributed by atoms with E-state index in [1.807, 2.05) is 0 Å². The molecule has 0 aliphatic carbocycles. The fourth-order valence-corrected chi connectivity index (χ4v) is 1.45. The molecule has 1 aromatic rings. The van der Waals surface area contributed by atoms with E-state index in [4.69, 9.17) is 5.11 Å². The number of anilines is 1. The van der Waals surface area contributed by atoms with Crippen LogP contribution in [0.1, 0.15) is 13.3 Å². The van der Waals surface area contributed by atoms with Crippen LogP contribution in [0.4, 0.5) is 9.80 Å². The summed E-state index contributed by atoms with van der Waals surface area (Å²) in [5.41, 5.74) is -1.49. The summed E-state index contributed by atoms with van der Waals surface area (Å²) in [6.07, 6.45) is 0.926. The highest BCUT2D eigenvalue weighted by molar-refractivity contribution is 7.10. The maximum Gasteiger partial charge on any atom is 0.320 e. The van der Waals surface area contributed by atoms with Gasteiger partial charge in [-0.05, 0) is 6.92 Å². The van der Waals surface area contributed by atoms with Gasteiger partial charge >= 0.3 is 12.0 Å². The quantitative estimate of drug-likeness (QED) is 0.585. The number of rotatable bonds is 5. The molecule has 0 aliphatic rings. The van der Waals surface area contributed by atoms with E-state index in [1.165, 1.54) is 13.1 Å². The standard InChI is InChI=1S/C8H12N4O4S/c1-8(16,2-6(13)14)4-9-7(15)11-5-3-10-12-17-5/h3,16H,2,4H2,1H3,(H,13,14)(H2,9,11,15). The van der Waals surface area contributed by atoms with Crippen LogP contribution in [0.5, 0.6) is 0 Å². The van der Waals surface area contributed by atoms with Crippen LogP contribution in [0.25, 0.3) is 0 Å². The van der Waals surface area contributed by atoms with E-state index in [-0.39, 0.29) is 6.54 Å². The van der Waals surface area contributed by atoms with Crippen LogP contribution in [0, 0.1) is 0 Å². The number of urea groups is 1. The van der Waals surface area contributed by atoms with Gasteiger partial charge < -0.3 is 15.5 Å². The maximum absolute atomic E-state index is 11.3. The SMILES string of the molecule is CC(O)(CNC(=O)Nc1cnns1)CC(=O)O. The number of carbonyl (C=O) groups excluding carboxylic acids is 1. The Kier molecular flexibility index (Phi) is 4.35. The third-order valence-electron chi connectivity index (χ3n) is 1.76. The molecule has 8 nitrogen and oxygen atoms in total. The van der Waals surface area contributed by atoms with Gasteiger partial charge in [0, 0.05) is 18.1 Å². The molecule has 0 saturated carbocycles. The van der Waals surface area contributed by atoms with Crippen LogP contribution >= 0.6 is 11.5 Å². The van der Waals surface area contributed by atoms with E-state index in [0.29, 0.717) is 5.00 Å². The minimum absolute atomic E-state index is 0.169. The largest absolute Gasteiger partial charge is 0.481 e. The van der Waals surface area contributed by atoms with E-state index in [0.717, 1.165) is 11.5 Å². The van der Waals surface area contributed by atoms with Crippen molar-refractivity contribution >= 4 is 28.5 Å². The molecule has 0 aliphatic heterocycles. The van der Waals surface area contributed by atoms with Gasteiger partial charge in [0.15, 0.2) is 0 Å². The van der Waals surface area contributed by atoms with Crippen molar-refractivity contribution in [2.75, 3.05) is 11.9 Å². The molecule has 0 fully saturated rings. The summed E-state index contributed by atoms with van der Waals surface area (Å²) >= 11 is 1.01. The molecular formula is C8H12N4O4S. The number of aliphatic hydroxyl groups is 1. The van der Waals surface area contributed by atoms with Crippen molar-refractivity contribution in [2.24, 2.45) is 0 Å². The van der Waals surface area contributed by atoms with Crippen molar-refractivity contribution in [1.29, 1.82) is 0 Å². The second kappa shape index (κ2) is 5.55. The highest BCUT2D eigenvalue weighted by Gasteiger charge is 2.24. The Morgan fingerprint density at radius 2 is 2.29 bits per heavy atom. The number of nitrogens with one attached hydrogen (secondary N) is 2. The van der Waals surface area contributed by atoms with Crippen LogP contribution in [0.3, 0.4) is 0 Å². The zero-order chi connectivity index (χ0) is 12.9. The van der Waals surface area contributed by atoms with Gasteiger partial charge in [-0.2, -0.15) is 0 Å². The Hall–Kier alpha value is -1.74. The minimum atomic E-state index is -1.49. The van der Waals surface area contributed by atoms with Crippen molar-refractivity contribution in [3.05, 3.63) is 6.20 Å². The van der Waals surface area contributed by atoms with Gasteiger partial charge in [0.1, 0.15) is 5.00 Å². The second-order valence-corrected chi connectivity index (χ2v) is 4.44. The van der Waals surface area contributed by atoms with Crippen LogP contribution < -0.4 is 10.6 Å². The average molecular weight is 260 g/mol. The number of carbonyl (C=O) groups is 2. The minimum Gasteiger partial charge on any atom is -0.481 e. The Bertz CT molecular complexity index is 392. The van der Waals surface area contributed by atoms with Crippen LogP contribution in [-0.4, -0.2) is 43.9 Å². The van der Waals surface area contributed by atoms with Crippen molar-refractivity contribution in [2.45, 2.75) is 18.9 Å². The fraction of sp³-hybridized carbons (Fsp3) is 0.500. The first-order chi connectivity index (χ1) is 7.89. The van der Waals surface area contributed by atoms with Gasteiger partial charge in [0.2, 0.25) is 0 Å². The lowest BCUT2D eigenvalue weighted by atomic mass is 10.0. The number of aliphatic carboxylic acids is 1. The Labute approximate surface area is 101 Å². The fourth-order valence-electron chi connectivity index (χ4n) is 1.04. The van der Waals surface area contributed by atoms with E-state index >= 15 is 0 Å². The lowest BCUT2D eigenvalue weighted by Crippen LogP contribution is -2.43. The highest BCUT2D eigenvalue weighted by atomic mass is 32.1. The predicted molar refractivity (Wildman–Crippen MR) is 59.8 cm³/mol. The predicted octanol–water partition coefficient (Wildman–Crippen LogP) is -0.115. The van der Waals surface area contributed by atoms with Crippen LogP contribution in [0.15, 0.2) is 6.20 Å². The summed E-state index contributed by atoms with van der Waals surface area (Å²) in [4.78, 5) is 21.7. The number of hydrogen-bond donors (Lipinski definition) is 4. The summed E-state index contributed by atoms with van der Waals surface area (Å²) in [6.45, 7) is 1.16. The van der Waals surface area contributed by atoms with E-state index in [1.54, 1.807) is 0 Å². The Morgan fingerprint density at radius 3 is 2.82 bits per heavy atom. The van der Waals surface area contributed by atoms with E-state index in [2.05, 4.69) is 20.2 Å². The van der Waals surface area contributed by atoms with Crippen molar-refractivity contribution in [3.63, 3.8) is 0 Å². The topological polar surface area (TPSA) is 124 Å². The third kappa shape index (κ3) is 5.22. The Balaban J connectivity index is 2.35. The van der Waals surface area contributed by atoms with Gasteiger partial charge in [-0.1, -0.05) is 4.49 Å². The molecule has 1 unspecified atom stereocenters. The second-order valence-electron chi connectivity index (χ2n) is 3.66. The Morgan fingerprint density at radius 1 is 1.59 bits per heavy atom. The van der Waals surface area contributed by atoms with Gasteiger partial charge in [-0.15, -0.1) is 5.10 Å². The van der Waals surface area contributed by atoms with Crippen LogP contribution in [-0.2, 0) is 4.79 Å². The molecule has 94 valence electrons. The molecule has 0 spiro atoms.